The molecule has 3 heteroatoms. The topological polar surface area (TPSA) is 34.1 Å². The Morgan fingerprint density at radius 3 is 2.55 bits per heavy atom. The van der Waals surface area contributed by atoms with E-state index < -0.39 is 0 Å². The first kappa shape index (κ1) is 15.5. The molecule has 1 fully saturated rings. The molecule has 20 heavy (non-hydrogen) atoms. The third kappa shape index (κ3) is 5.59. The fourth-order valence-electron chi connectivity index (χ4n) is 2.63. The molecule has 0 saturated heterocycles. The molecule has 0 amide bonds. The Balaban J connectivity index is 1.81. The molecule has 0 aliphatic heterocycles. The van der Waals surface area contributed by atoms with Crippen LogP contribution in [-0.4, -0.2) is 17.1 Å². The van der Waals surface area contributed by atoms with E-state index in [0.717, 1.165) is 17.9 Å². The summed E-state index contributed by atoms with van der Waals surface area (Å²) >= 11 is 0. The highest BCUT2D eigenvalue weighted by atomic mass is 16.5. The highest BCUT2D eigenvalue weighted by Gasteiger charge is 2.12. The standard InChI is InChI=1S/C17H28N2O/c1-14(2)18-12-15-8-7-9-16(19-15)13-20-17-10-5-3-4-6-11-17/h7-9,14,17-18H,3-6,10-13H2,1-2H3. The van der Waals surface area contributed by atoms with Crippen LogP contribution >= 0.6 is 0 Å². The van der Waals surface area contributed by atoms with Gasteiger partial charge in [0.15, 0.2) is 0 Å². The zero-order chi connectivity index (χ0) is 14.2. The lowest BCUT2D eigenvalue weighted by Crippen LogP contribution is -2.22. The fourth-order valence-corrected chi connectivity index (χ4v) is 2.63. The summed E-state index contributed by atoms with van der Waals surface area (Å²) < 4.78 is 6.05. The van der Waals surface area contributed by atoms with E-state index in [2.05, 4.69) is 42.3 Å². The van der Waals surface area contributed by atoms with Crippen LogP contribution in [0.1, 0.15) is 63.8 Å². The van der Waals surface area contributed by atoms with Gasteiger partial charge in [-0.2, -0.15) is 0 Å². The second kappa shape index (κ2) is 8.38. The lowest BCUT2D eigenvalue weighted by Gasteiger charge is -2.15. The highest BCUT2D eigenvalue weighted by Crippen LogP contribution is 2.20. The predicted octanol–water partition coefficient (Wildman–Crippen LogP) is 3.82. The fraction of sp³-hybridized carbons (Fsp3) is 0.706. The van der Waals surface area contributed by atoms with E-state index in [-0.39, 0.29) is 0 Å². The molecule has 0 unspecified atom stereocenters. The molecule has 0 bridgehead atoms. The Morgan fingerprint density at radius 2 is 1.85 bits per heavy atom. The Morgan fingerprint density at radius 1 is 1.15 bits per heavy atom. The van der Waals surface area contributed by atoms with Crippen LogP contribution in [0.15, 0.2) is 18.2 Å². The first-order valence-corrected chi connectivity index (χ1v) is 8.04. The van der Waals surface area contributed by atoms with Gasteiger partial charge in [0.05, 0.1) is 24.1 Å². The van der Waals surface area contributed by atoms with Gasteiger partial charge in [-0.25, -0.2) is 0 Å². The predicted molar refractivity (Wildman–Crippen MR) is 82.5 cm³/mol. The first-order chi connectivity index (χ1) is 9.74. The van der Waals surface area contributed by atoms with Crippen LogP contribution < -0.4 is 5.32 Å². The second-order valence-corrected chi connectivity index (χ2v) is 6.08. The minimum absolute atomic E-state index is 0.441. The smallest absolute Gasteiger partial charge is 0.0891 e. The van der Waals surface area contributed by atoms with Crippen molar-refractivity contribution >= 4 is 0 Å². The molecule has 112 valence electrons. The number of ether oxygens (including phenoxy) is 1. The average molecular weight is 276 g/mol. The van der Waals surface area contributed by atoms with Crippen molar-refractivity contribution in [1.82, 2.24) is 10.3 Å². The summed E-state index contributed by atoms with van der Waals surface area (Å²) in [6, 6.07) is 6.71. The molecule has 1 saturated carbocycles. The van der Waals surface area contributed by atoms with Crippen LogP contribution in [0.2, 0.25) is 0 Å². The lowest BCUT2D eigenvalue weighted by molar-refractivity contribution is 0.0291. The molecule has 0 aromatic carbocycles. The van der Waals surface area contributed by atoms with Crippen LogP contribution in [0.25, 0.3) is 0 Å². The molecular weight excluding hydrogens is 248 g/mol. The Labute approximate surface area is 123 Å². The molecule has 3 nitrogen and oxygen atoms in total. The Bertz CT molecular complexity index is 384. The van der Waals surface area contributed by atoms with Gasteiger partial charge in [-0.15, -0.1) is 0 Å². The van der Waals surface area contributed by atoms with E-state index in [0.29, 0.717) is 18.8 Å². The molecular formula is C17H28N2O. The zero-order valence-electron chi connectivity index (χ0n) is 12.9. The first-order valence-electron chi connectivity index (χ1n) is 8.04. The monoisotopic (exact) mass is 276 g/mol. The number of rotatable bonds is 6. The highest BCUT2D eigenvalue weighted by molar-refractivity contribution is 5.10. The number of aromatic nitrogens is 1. The van der Waals surface area contributed by atoms with Gasteiger partial charge in [0.25, 0.3) is 0 Å². The van der Waals surface area contributed by atoms with E-state index in [4.69, 9.17) is 4.74 Å². The van der Waals surface area contributed by atoms with Crippen LogP contribution in [0.3, 0.4) is 0 Å². The zero-order valence-corrected chi connectivity index (χ0v) is 12.9. The van der Waals surface area contributed by atoms with Crippen molar-refractivity contribution in [2.24, 2.45) is 0 Å². The van der Waals surface area contributed by atoms with Gasteiger partial charge < -0.3 is 10.1 Å². The number of hydrogen-bond acceptors (Lipinski definition) is 3. The normalized spacial score (nSPS) is 17.4. The van der Waals surface area contributed by atoms with E-state index in [9.17, 15) is 0 Å². The molecule has 1 heterocycles. The van der Waals surface area contributed by atoms with Gasteiger partial charge >= 0.3 is 0 Å². The lowest BCUT2D eigenvalue weighted by atomic mass is 10.1. The summed E-state index contributed by atoms with van der Waals surface area (Å²) in [7, 11) is 0. The SMILES string of the molecule is CC(C)NCc1cccc(COC2CCCCCC2)n1. The second-order valence-electron chi connectivity index (χ2n) is 6.08. The van der Waals surface area contributed by atoms with Crippen molar-refractivity contribution < 1.29 is 4.74 Å². The quantitative estimate of drug-likeness (QED) is 0.802. The molecule has 0 spiro atoms. The van der Waals surface area contributed by atoms with E-state index in [1.165, 1.54) is 38.5 Å². The molecule has 2 rings (SSSR count). The molecule has 1 aliphatic rings. The van der Waals surface area contributed by atoms with Crippen molar-refractivity contribution in [3.8, 4) is 0 Å². The largest absolute Gasteiger partial charge is 0.372 e. The van der Waals surface area contributed by atoms with Gasteiger partial charge in [-0.1, -0.05) is 45.6 Å². The summed E-state index contributed by atoms with van der Waals surface area (Å²) in [4.78, 5) is 4.67. The molecule has 1 aliphatic carbocycles. The van der Waals surface area contributed by atoms with Gasteiger partial charge in [0.1, 0.15) is 0 Å². The van der Waals surface area contributed by atoms with Crippen molar-refractivity contribution in [1.29, 1.82) is 0 Å². The molecule has 0 radical (unpaired) electrons. The maximum atomic E-state index is 6.05. The minimum atomic E-state index is 0.441. The maximum Gasteiger partial charge on any atom is 0.0891 e. The summed E-state index contributed by atoms with van der Waals surface area (Å²) in [5.41, 5.74) is 2.15. The van der Waals surface area contributed by atoms with Gasteiger partial charge in [-0.05, 0) is 25.0 Å². The van der Waals surface area contributed by atoms with Crippen molar-refractivity contribution in [3.63, 3.8) is 0 Å². The number of nitrogens with one attached hydrogen (secondary N) is 1. The number of nitrogens with zero attached hydrogens (tertiary/aromatic N) is 1. The summed E-state index contributed by atoms with van der Waals surface area (Å²) in [5.74, 6) is 0. The molecule has 1 aromatic rings. The molecule has 1 N–H and O–H groups in total. The van der Waals surface area contributed by atoms with E-state index >= 15 is 0 Å². The van der Waals surface area contributed by atoms with Gasteiger partial charge in [0, 0.05) is 12.6 Å². The van der Waals surface area contributed by atoms with Crippen molar-refractivity contribution in [2.75, 3.05) is 0 Å². The maximum absolute atomic E-state index is 6.05. The summed E-state index contributed by atoms with van der Waals surface area (Å²) in [6.45, 7) is 5.78. The summed E-state index contributed by atoms with van der Waals surface area (Å²) in [6.07, 6.45) is 8.25. The Kier molecular flexibility index (Phi) is 6.48. The third-order valence-electron chi connectivity index (χ3n) is 3.82. The van der Waals surface area contributed by atoms with Gasteiger partial charge in [0.2, 0.25) is 0 Å². The minimum Gasteiger partial charge on any atom is -0.372 e. The molecule has 1 aromatic heterocycles. The number of hydrogen-bond donors (Lipinski definition) is 1. The molecule has 0 atom stereocenters. The van der Waals surface area contributed by atoms with Crippen LogP contribution in [0.4, 0.5) is 0 Å². The van der Waals surface area contributed by atoms with E-state index in [1.54, 1.807) is 0 Å². The van der Waals surface area contributed by atoms with Crippen LogP contribution in [0.5, 0.6) is 0 Å². The summed E-state index contributed by atoms with van der Waals surface area (Å²) in [5, 5.41) is 3.40. The third-order valence-corrected chi connectivity index (χ3v) is 3.82. The van der Waals surface area contributed by atoms with Crippen molar-refractivity contribution in [2.45, 2.75) is 77.7 Å². The van der Waals surface area contributed by atoms with Gasteiger partial charge in [-0.3, -0.25) is 4.98 Å². The van der Waals surface area contributed by atoms with Crippen LogP contribution in [-0.2, 0) is 17.9 Å². The van der Waals surface area contributed by atoms with E-state index in [1.807, 2.05) is 0 Å². The Hall–Kier alpha value is -0.930. The number of pyridine rings is 1. The van der Waals surface area contributed by atoms with Crippen molar-refractivity contribution in [3.05, 3.63) is 29.6 Å². The van der Waals surface area contributed by atoms with Crippen LogP contribution in [0, 0.1) is 0 Å². The average Bonchev–Trinajstić information content (AvgIpc) is 2.72.